The zero-order valence-corrected chi connectivity index (χ0v) is 31.1. The van der Waals surface area contributed by atoms with Crippen molar-refractivity contribution in [1.82, 2.24) is 0 Å². The molecule has 4 aromatic carbocycles. The quantitative estimate of drug-likeness (QED) is 0.197. The lowest BCUT2D eigenvalue weighted by Gasteiger charge is -2.21. The van der Waals surface area contributed by atoms with E-state index in [2.05, 4.69) is 118 Å². The molecule has 0 aromatic heterocycles. The average Bonchev–Trinajstić information content (AvgIpc) is 2.99. The topological polar surface area (TPSA) is 49.4 Å². The molecular weight excluding hydrogens is 548 g/mol. The van der Waals surface area contributed by atoms with E-state index in [1.54, 1.807) is 0 Å². The summed E-state index contributed by atoms with van der Waals surface area (Å²) in [6.45, 7) is 37.5. The summed E-state index contributed by atoms with van der Waals surface area (Å²) in [5.41, 5.74) is 23.9. The summed E-state index contributed by atoms with van der Waals surface area (Å²) >= 11 is 0. The molecule has 0 unspecified atom stereocenters. The van der Waals surface area contributed by atoms with Gasteiger partial charge in [-0.15, -0.1) is 20.5 Å². The standard InChI is InChI=1S/C41H54N4/c1-19(2)18-35-23(6)29(12)38(30(13)24(35)7)42-43-39-31(14)33(16)40(34(17)32(39)15)44-45-41-28(11)22(5)26(9)36-25(8)20(3)21(4)27(10)37(36)41/h19H,18H2,1-17H3. The first kappa shape index (κ1) is 34.2. The molecule has 0 saturated carbocycles. The molecule has 0 radical (unpaired) electrons. The Morgan fingerprint density at radius 3 is 0.933 bits per heavy atom. The molecule has 0 spiro atoms. The summed E-state index contributed by atoms with van der Waals surface area (Å²) in [6, 6.07) is 0. The van der Waals surface area contributed by atoms with Crippen LogP contribution in [0.25, 0.3) is 10.8 Å². The van der Waals surface area contributed by atoms with Gasteiger partial charge >= 0.3 is 0 Å². The number of fused-ring (bicyclic) bond motifs is 1. The van der Waals surface area contributed by atoms with E-state index in [4.69, 9.17) is 20.5 Å². The van der Waals surface area contributed by atoms with Crippen LogP contribution in [0, 0.1) is 110 Å². The molecule has 0 N–H and O–H groups in total. The van der Waals surface area contributed by atoms with Gasteiger partial charge in [0.05, 0.1) is 22.7 Å². The molecule has 45 heavy (non-hydrogen) atoms. The number of hydrogen-bond acceptors (Lipinski definition) is 4. The van der Waals surface area contributed by atoms with Crippen molar-refractivity contribution in [2.75, 3.05) is 0 Å². The van der Waals surface area contributed by atoms with Crippen molar-refractivity contribution in [2.45, 2.75) is 124 Å². The molecule has 0 amide bonds. The van der Waals surface area contributed by atoms with Gasteiger partial charge in [0.15, 0.2) is 0 Å². The van der Waals surface area contributed by atoms with Gasteiger partial charge in [-0.2, -0.15) is 0 Å². The van der Waals surface area contributed by atoms with Crippen molar-refractivity contribution in [3.05, 3.63) is 89.0 Å². The lowest BCUT2D eigenvalue weighted by Crippen LogP contribution is -2.04. The van der Waals surface area contributed by atoms with Crippen LogP contribution in [0.5, 0.6) is 0 Å². The van der Waals surface area contributed by atoms with Gasteiger partial charge in [-0.1, -0.05) is 13.8 Å². The number of azo groups is 2. The Bertz CT molecular complexity index is 1870. The maximum Gasteiger partial charge on any atom is 0.0970 e. The zero-order valence-electron chi connectivity index (χ0n) is 31.1. The SMILES string of the molecule is Cc1c(C)c(N=Nc2c(C)c(C)c(N=Nc3c(C)c(C)c(C)c4c(C)c(C)c(C)c(C)c34)c(C)c2C)c(C)c(C)c1CC(C)C. The van der Waals surface area contributed by atoms with Crippen LogP contribution in [0.3, 0.4) is 0 Å². The van der Waals surface area contributed by atoms with Crippen molar-refractivity contribution in [2.24, 2.45) is 26.4 Å². The Labute approximate surface area is 272 Å². The van der Waals surface area contributed by atoms with Gasteiger partial charge in [0.1, 0.15) is 0 Å². The molecule has 0 fully saturated rings. The van der Waals surface area contributed by atoms with E-state index in [-0.39, 0.29) is 0 Å². The third kappa shape index (κ3) is 5.66. The van der Waals surface area contributed by atoms with E-state index in [1.807, 2.05) is 0 Å². The van der Waals surface area contributed by atoms with Crippen LogP contribution in [-0.4, -0.2) is 0 Å². The Hall–Kier alpha value is -3.66. The minimum Gasteiger partial charge on any atom is -0.150 e. The fourth-order valence-electron chi connectivity index (χ4n) is 7.04. The predicted octanol–water partition coefficient (Wildman–Crippen LogP) is 13.5. The number of aryl methyl sites for hydroxylation is 3. The van der Waals surface area contributed by atoms with Crippen LogP contribution in [0.2, 0.25) is 0 Å². The van der Waals surface area contributed by atoms with E-state index >= 15 is 0 Å². The molecule has 0 atom stereocenters. The van der Waals surface area contributed by atoms with Gasteiger partial charge in [0.2, 0.25) is 0 Å². The Morgan fingerprint density at radius 2 is 0.578 bits per heavy atom. The summed E-state index contributed by atoms with van der Waals surface area (Å²) in [5.74, 6) is 0.611. The van der Waals surface area contributed by atoms with Gasteiger partial charge in [-0.3, -0.25) is 0 Å². The molecule has 4 nitrogen and oxygen atoms in total. The normalized spacial score (nSPS) is 12.2. The molecule has 0 aliphatic rings. The van der Waals surface area contributed by atoms with Gasteiger partial charge in [0.25, 0.3) is 0 Å². The van der Waals surface area contributed by atoms with Gasteiger partial charge in [-0.05, 0) is 211 Å². The third-order valence-corrected chi connectivity index (χ3v) is 11.2. The highest BCUT2D eigenvalue weighted by Crippen LogP contribution is 2.44. The van der Waals surface area contributed by atoms with Crippen LogP contribution in [0.1, 0.15) is 103 Å². The fraction of sp³-hybridized carbons (Fsp3) is 0.463. The van der Waals surface area contributed by atoms with Crippen LogP contribution in [-0.2, 0) is 6.42 Å². The monoisotopic (exact) mass is 602 g/mol. The molecule has 4 heteroatoms. The van der Waals surface area contributed by atoms with E-state index in [0.717, 1.165) is 51.4 Å². The van der Waals surface area contributed by atoms with Gasteiger partial charge in [0, 0.05) is 5.39 Å². The molecular formula is C41H54N4. The molecule has 0 aliphatic carbocycles. The van der Waals surface area contributed by atoms with Crippen LogP contribution in [0.4, 0.5) is 22.7 Å². The second kappa shape index (κ2) is 12.6. The van der Waals surface area contributed by atoms with Crippen LogP contribution in [0.15, 0.2) is 20.5 Å². The van der Waals surface area contributed by atoms with E-state index in [1.165, 1.54) is 77.5 Å². The molecule has 238 valence electrons. The molecule has 4 rings (SSSR count). The maximum absolute atomic E-state index is 5.05. The second-order valence-electron chi connectivity index (χ2n) is 14.0. The number of rotatable bonds is 6. The largest absolute Gasteiger partial charge is 0.150 e. The summed E-state index contributed by atoms with van der Waals surface area (Å²) in [4.78, 5) is 0. The van der Waals surface area contributed by atoms with Gasteiger partial charge in [-0.25, -0.2) is 0 Å². The first-order chi connectivity index (χ1) is 20.9. The smallest absolute Gasteiger partial charge is 0.0970 e. The zero-order chi connectivity index (χ0) is 33.8. The number of benzene rings is 4. The lowest BCUT2D eigenvalue weighted by atomic mass is 9.85. The lowest BCUT2D eigenvalue weighted by molar-refractivity contribution is 0.641. The van der Waals surface area contributed by atoms with Crippen molar-refractivity contribution < 1.29 is 0 Å². The predicted molar refractivity (Wildman–Crippen MR) is 195 cm³/mol. The third-order valence-electron chi connectivity index (χ3n) is 11.2. The van der Waals surface area contributed by atoms with E-state index in [9.17, 15) is 0 Å². The Kier molecular flexibility index (Phi) is 9.59. The highest BCUT2D eigenvalue weighted by Gasteiger charge is 2.21. The van der Waals surface area contributed by atoms with Crippen LogP contribution < -0.4 is 0 Å². The van der Waals surface area contributed by atoms with E-state index in [0.29, 0.717) is 5.92 Å². The second-order valence-corrected chi connectivity index (χ2v) is 14.0. The highest BCUT2D eigenvalue weighted by atomic mass is 15.1. The first-order valence-electron chi connectivity index (χ1n) is 16.5. The molecule has 0 saturated heterocycles. The summed E-state index contributed by atoms with van der Waals surface area (Å²) in [5, 5.41) is 22.4. The van der Waals surface area contributed by atoms with Crippen molar-refractivity contribution in [1.29, 1.82) is 0 Å². The molecule has 0 heterocycles. The minimum absolute atomic E-state index is 0.611. The van der Waals surface area contributed by atoms with Crippen molar-refractivity contribution >= 4 is 33.5 Å². The summed E-state index contributed by atoms with van der Waals surface area (Å²) < 4.78 is 0. The maximum atomic E-state index is 5.05. The van der Waals surface area contributed by atoms with Crippen molar-refractivity contribution in [3.63, 3.8) is 0 Å². The molecule has 4 aromatic rings. The first-order valence-corrected chi connectivity index (χ1v) is 16.5. The Balaban J connectivity index is 1.87. The van der Waals surface area contributed by atoms with Crippen LogP contribution >= 0.6 is 0 Å². The van der Waals surface area contributed by atoms with Crippen molar-refractivity contribution in [3.8, 4) is 0 Å². The summed E-state index contributed by atoms with van der Waals surface area (Å²) in [6.07, 6.45) is 1.08. The molecule has 0 aliphatic heterocycles. The van der Waals surface area contributed by atoms with E-state index < -0.39 is 0 Å². The minimum atomic E-state index is 0.611. The van der Waals surface area contributed by atoms with Gasteiger partial charge < -0.3 is 0 Å². The number of hydrogen-bond donors (Lipinski definition) is 0. The average molecular weight is 603 g/mol. The summed E-state index contributed by atoms with van der Waals surface area (Å²) in [7, 11) is 0. The highest BCUT2D eigenvalue weighted by molar-refractivity contribution is 6.02. The molecule has 0 bridgehead atoms. The number of nitrogens with zero attached hydrogens (tertiary/aromatic N) is 4. The Morgan fingerprint density at radius 1 is 0.311 bits per heavy atom. The fourth-order valence-corrected chi connectivity index (χ4v) is 7.04.